The van der Waals surface area contributed by atoms with Crippen LogP contribution in [0.2, 0.25) is 0 Å². The fourth-order valence-electron chi connectivity index (χ4n) is 2.60. The average Bonchev–Trinajstić information content (AvgIpc) is 2.70. The predicted molar refractivity (Wildman–Crippen MR) is 75.8 cm³/mol. The molecule has 1 saturated carbocycles. The first-order valence-corrected chi connectivity index (χ1v) is 8.73. The lowest BCUT2D eigenvalue weighted by Gasteiger charge is -2.16. The molecule has 0 amide bonds. The molecule has 0 spiro atoms. The molecule has 112 valence electrons. The SMILES string of the molecule is CC1CCCC1CNS(=O)(=O)c1c(F)cc(F)cc1Br. The fraction of sp³-hybridized carbons (Fsp3) is 0.538. The molecule has 1 aromatic rings. The number of rotatable bonds is 4. The molecule has 0 heterocycles. The lowest BCUT2D eigenvalue weighted by molar-refractivity contribution is 0.414. The van der Waals surface area contributed by atoms with Gasteiger partial charge in [-0.3, -0.25) is 0 Å². The maximum absolute atomic E-state index is 13.7. The van der Waals surface area contributed by atoms with Crippen LogP contribution in [0.25, 0.3) is 0 Å². The zero-order valence-corrected chi connectivity index (χ0v) is 13.4. The van der Waals surface area contributed by atoms with Crippen LogP contribution in [0, 0.1) is 23.5 Å². The summed E-state index contributed by atoms with van der Waals surface area (Å²) in [5, 5.41) is 0. The molecule has 1 fully saturated rings. The molecule has 1 N–H and O–H groups in total. The third-order valence-electron chi connectivity index (χ3n) is 3.81. The summed E-state index contributed by atoms with van der Waals surface area (Å²) in [5.74, 6) is -1.19. The van der Waals surface area contributed by atoms with Crippen LogP contribution in [0.5, 0.6) is 0 Å². The molecular formula is C13H16BrF2NO2S. The Morgan fingerprint density at radius 2 is 2.05 bits per heavy atom. The van der Waals surface area contributed by atoms with Crippen molar-refractivity contribution in [2.45, 2.75) is 31.1 Å². The molecule has 2 unspecified atom stereocenters. The maximum Gasteiger partial charge on any atom is 0.244 e. The second-order valence-electron chi connectivity index (χ2n) is 5.22. The van der Waals surface area contributed by atoms with E-state index in [9.17, 15) is 17.2 Å². The first-order valence-electron chi connectivity index (χ1n) is 6.45. The van der Waals surface area contributed by atoms with Crippen molar-refractivity contribution in [1.82, 2.24) is 4.72 Å². The molecule has 3 nitrogen and oxygen atoms in total. The summed E-state index contributed by atoms with van der Waals surface area (Å²) in [4.78, 5) is -0.537. The minimum atomic E-state index is -3.99. The number of hydrogen-bond acceptors (Lipinski definition) is 2. The third-order valence-corrected chi connectivity index (χ3v) is 6.19. The number of hydrogen-bond donors (Lipinski definition) is 1. The number of nitrogens with one attached hydrogen (secondary N) is 1. The van der Waals surface area contributed by atoms with Gasteiger partial charge in [-0.05, 0) is 40.3 Å². The Labute approximate surface area is 125 Å². The van der Waals surface area contributed by atoms with Crippen molar-refractivity contribution in [3.8, 4) is 0 Å². The summed E-state index contributed by atoms with van der Waals surface area (Å²) in [6.45, 7) is 2.37. The Bertz CT molecular complexity index is 583. The van der Waals surface area contributed by atoms with E-state index in [2.05, 4.69) is 27.6 Å². The Morgan fingerprint density at radius 1 is 1.35 bits per heavy atom. The summed E-state index contributed by atoms with van der Waals surface area (Å²) >= 11 is 2.90. The Hall–Kier alpha value is -0.530. The second kappa shape index (κ2) is 6.07. The van der Waals surface area contributed by atoms with Crippen LogP contribution >= 0.6 is 15.9 Å². The van der Waals surface area contributed by atoms with Gasteiger partial charge in [0.1, 0.15) is 16.5 Å². The van der Waals surface area contributed by atoms with E-state index in [1.807, 2.05) is 0 Å². The second-order valence-corrected chi connectivity index (χ2v) is 7.78. The van der Waals surface area contributed by atoms with Crippen LogP contribution in [0.15, 0.2) is 21.5 Å². The molecule has 1 aromatic carbocycles. The molecule has 2 rings (SSSR count). The first kappa shape index (κ1) is 15.9. The van der Waals surface area contributed by atoms with Crippen LogP contribution in [0.4, 0.5) is 8.78 Å². The van der Waals surface area contributed by atoms with Crippen LogP contribution in [-0.2, 0) is 10.0 Å². The molecule has 2 atom stereocenters. The quantitative estimate of drug-likeness (QED) is 0.885. The summed E-state index contributed by atoms with van der Waals surface area (Å²) in [5.41, 5.74) is 0. The van der Waals surface area contributed by atoms with Gasteiger partial charge in [0.15, 0.2) is 0 Å². The summed E-state index contributed by atoms with van der Waals surface area (Å²) in [6, 6.07) is 1.51. The zero-order valence-electron chi connectivity index (χ0n) is 11.0. The predicted octanol–water partition coefficient (Wildman–Crippen LogP) is 3.44. The van der Waals surface area contributed by atoms with Crippen LogP contribution in [0.1, 0.15) is 26.2 Å². The van der Waals surface area contributed by atoms with Crippen molar-refractivity contribution in [1.29, 1.82) is 0 Å². The van der Waals surface area contributed by atoms with Crippen LogP contribution in [0.3, 0.4) is 0 Å². The van der Waals surface area contributed by atoms with Crippen LogP contribution in [-0.4, -0.2) is 15.0 Å². The van der Waals surface area contributed by atoms with Crippen molar-refractivity contribution < 1.29 is 17.2 Å². The molecule has 0 radical (unpaired) electrons. The van der Waals surface area contributed by atoms with Crippen molar-refractivity contribution in [3.05, 3.63) is 28.2 Å². The van der Waals surface area contributed by atoms with Gasteiger partial charge in [-0.15, -0.1) is 0 Å². The van der Waals surface area contributed by atoms with Gasteiger partial charge in [-0.25, -0.2) is 21.9 Å². The van der Waals surface area contributed by atoms with Gasteiger partial charge in [-0.1, -0.05) is 19.8 Å². The zero-order chi connectivity index (χ0) is 14.9. The van der Waals surface area contributed by atoms with Gasteiger partial charge in [0, 0.05) is 17.1 Å². The summed E-state index contributed by atoms with van der Waals surface area (Å²) in [6.07, 6.45) is 3.14. The average molecular weight is 368 g/mol. The van der Waals surface area contributed by atoms with Gasteiger partial charge in [0.25, 0.3) is 0 Å². The smallest absolute Gasteiger partial charge is 0.211 e. The van der Waals surface area contributed by atoms with Crippen molar-refractivity contribution in [2.24, 2.45) is 11.8 Å². The highest BCUT2D eigenvalue weighted by Crippen LogP contribution is 2.31. The first-order chi connectivity index (χ1) is 9.31. The monoisotopic (exact) mass is 367 g/mol. The topological polar surface area (TPSA) is 46.2 Å². The number of benzene rings is 1. The summed E-state index contributed by atoms with van der Waals surface area (Å²) < 4.78 is 53.3. The fourth-order valence-corrected chi connectivity index (χ4v) is 4.86. The number of sulfonamides is 1. The largest absolute Gasteiger partial charge is 0.244 e. The highest BCUT2D eigenvalue weighted by molar-refractivity contribution is 9.10. The maximum atomic E-state index is 13.7. The minimum Gasteiger partial charge on any atom is -0.211 e. The van der Waals surface area contributed by atoms with Gasteiger partial charge >= 0.3 is 0 Å². The van der Waals surface area contributed by atoms with E-state index in [1.54, 1.807) is 0 Å². The summed E-state index contributed by atoms with van der Waals surface area (Å²) in [7, 11) is -3.99. The van der Waals surface area contributed by atoms with Crippen LogP contribution < -0.4 is 4.72 Å². The van der Waals surface area contributed by atoms with Gasteiger partial charge in [0.2, 0.25) is 10.0 Å². The normalized spacial score (nSPS) is 23.2. The molecule has 0 bridgehead atoms. The molecule has 7 heteroatoms. The standard InChI is InChI=1S/C13H16BrF2NO2S/c1-8-3-2-4-9(8)7-17-20(18,19)13-11(14)5-10(15)6-12(13)16/h5-6,8-9,17H,2-4,7H2,1H3. The van der Waals surface area contributed by atoms with E-state index in [-0.39, 0.29) is 16.9 Å². The number of halogens is 3. The van der Waals surface area contributed by atoms with E-state index in [1.165, 1.54) is 0 Å². The van der Waals surface area contributed by atoms with E-state index in [0.29, 0.717) is 12.0 Å². The van der Waals surface area contributed by atoms with E-state index in [0.717, 1.165) is 25.3 Å². The molecule has 0 aliphatic heterocycles. The van der Waals surface area contributed by atoms with Crippen molar-refractivity contribution >= 4 is 26.0 Å². The Morgan fingerprint density at radius 3 is 2.60 bits per heavy atom. The van der Waals surface area contributed by atoms with E-state index < -0.39 is 26.6 Å². The lowest BCUT2D eigenvalue weighted by Crippen LogP contribution is -2.31. The molecule has 20 heavy (non-hydrogen) atoms. The molecule has 0 saturated heterocycles. The third kappa shape index (κ3) is 3.38. The van der Waals surface area contributed by atoms with Gasteiger partial charge < -0.3 is 0 Å². The Kier molecular flexibility index (Phi) is 4.81. The molecule has 0 aromatic heterocycles. The van der Waals surface area contributed by atoms with Gasteiger partial charge in [0.05, 0.1) is 0 Å². The molecule has 1 aliphatic carbocycles. The van der Waals surface area contributed by atoms with Crippen molar-refractivity contribution in [3.63, 3.8) is 0 Å². The minimum absolute atomic E-state index is 0.109. The highest BCUT2D eigenvalue weighted by Gasteiger charge is 2.28. The lowest BCUT2D eigenvalue weighted by atomic mass is 9.99. The molecule has 1 aliphatic rings. The Balaban J connectivity index is 2.18. The van der Waals surface area contributed by atoms with Gasteiger partial charge in [-0.2, -0.15) is 0 Å². The highest BCUT2D eigenvalue weighted by atomic mass is 79.9. The van der Waals surface area contributed by atoms with E-state index in [4.69, 9.17) is 0 Å². The van der Waals surface area contributed by atoms with E-state index >= 15 is 0 Å². The molecular weight excluding hydrogens is 352 g/mol. The van der Waals surface area contributed by atoms with Crippen molar-refractivity contribution in [2.75, 3.05) is 6.54 Å².